The molecule has 102 valence electrons. The summed E-state index contributed by atoms with van der Waals surface area (Å²) in [7, 11) is 0. The number of aryl methyl sites for hydroxylation is 1. The summed E-state index contributed by atoms with van der Waals surface area (Å²) in [6, 6.07) is 18.1. The van der Waals surface area contributed by atoms with Gasteiger partial charge in [0.25, 0.3) is 0 Å². The first-order valence-electron chi connectivity index (χ1n) is 6.75. The molecule has 2 rings (SSSR count). The third-order valence-corrected chi connectivity index (χ3v) is 3.33. The molecule has 0 aliphatic rings. The molecule has 2 aromatic carbocycles. The van der Waals surface area contributed by atoms with Crippen LogP contribution in [0.4, 0.5) is 0 Å². The van der Waals surface area contributed by atoms with E-state index in [-0.39, 0.29) is 0 Å². The first kappa shape index (κ1) is 14.1. The van der Waals surface area contributed by atoms with Gasteiger partial charge in [0.05, 0.1) is 0 Å². The van der Waals surface area contributed by atoms with Crippen LogP contribution < -0.4 is 4.74 Å². The van der Waals surface area contributed by atoms with E-state index in [1.807, 2.05) is 56.3 Å². The molecule has 0 N–H and O–H groups in total. The molecular formula is C19H20O. The molecule has 1 heteroatoms. The number of hydrogen-bond acceptors (Lipinski definition) is 1. The maximum atomic E-state index is 6.12. The summed E-state index contributed by atoms with van der Waals surface area (Å²) in [5.74, 6) is 1.72. The van der Waals surface area contributed by atoms with E-state index in [2.05, 4.69) is 25.6 Å². The smallest absolute Gasteiger partial charge is 0.138 e. The van der Waals surface area contributed by atoms with Crippen LogP contribution in [0.3, 0.4) is 0 Å². The van der Waals surface area contributed by atoms with Crippen molar-refractivity contribution in [2.75, 3.05) is 0 Å². The fourth-order valence-electron chi connectivity index (χ4n) is 1.96. The zero-order valence-corrected chi connectivity index (χ0v) is 12.3. The van der Waals surface area contributed by atoms with E-state index in [4.69, 9.17) is 4.74 Å². The number of allylic oxidation sites excluding steroid dienone is 2. The van der Waals surface area contributed by atoms with Crippen LogP contribution in [0.5, 0.6) is 5.75 Å². The van der Waals surface area contributed by atoms with Crippen LogP contribution in [0, 0.1) is 6.92 Å². The molecular weight excluding hydrogens is 244 g/mol. The molecule has 0 spiro atoms. The van der Waals surface area contributed by atoms with Crippen molar-refractivity contribution in [1.82, 2.24) is 0 Å². The van der Waals surface area contributed by atoms with Crippen molar-refractivity contribution in [3.05, 3.63) is 83.4 Å². The van der Waals surface area contributed by atoms with E-state index >= 15 is 0 Å². The van der Waals surface area contributed by atoms with Crippen molar-refractivity contribution in [2.45, 2.75) is 20.8 Å². The molecule has 0 amide bonds. The van der Waals surface area contributed by atoms with Gasteiger partial charge in [0.15, 0.2) is 0 Å². The van der Waals surface area contributed by atoms with Crippen LogP contribution in [0.1, 0.15) is 25.0 Å². The predicted molar refractivity (Wildman–Crippen MR) is 85.7 cm³/mol. The minimum atomic E-state index is 0.839. The van der Waals surface area contributed by atoms with Gasteiger partial charge in [-0.1, -0.05) is 54.6 Å². The fourth-order valence-corrected chi connectivity index (χ4v) is 1.96. The number of para-hydroxylation sites is 1. The predicted octanol–water partition coefficient (Wildman–Crippen LogP) is 5.38. The standard InChI is InChI=1S/C19H20O/c1-14(2)16(4)19(18-13-9-8-10-15(18)3)20-17-11-6-5-7-12-17/h5-13H,1H2,2-4H3/b19-16-. The molecule has 2 aromatic rings. The van der Waals surface area contributed by atoms with Gasteiger partial charge in [-0.2, -0.15) is 0 Å². The Morgan fingerprint density at radius 3 is 2.10 bits per heavy atom. The van der Waals surface area contributed by atoms with Crippen molar-refractivity contribution >= 4 is 5.76 Å². The second kappa shape index (κ2) is 6.25. The van der Waals surface area contributed by atoms with Crippen LogP contribution in [0.2, 0.25) is 0 Å². The van der Waals surface area contributed by atoms with E-state index in [1.165, 1.54) is 5.56 Å². The molecule has 0 bridgehead atoms. The Bertz CT molecular complexity index is 636. The average Bonchev–Trinajstić information content (AvgIpc) is 2.46. The summed E-state index contributed by atoms with van der Waals surface area (Å²) in [5.41, 5.74) is 4.39. The molecule has 20 heavy (non-hydrogen) atoms. The van der Waals surface area contributed by atoms with Crippen molar-refractivity contribution in [2.24, 2.45) is 0 Å². The van der Waals surface area contributed by atoms with Crippen molar-refractivity contribution < 1.29 is 4.74 Å². The largest absolute Gasteiger partial charge is 0.456 e. The van der Waals surface area contributed by atoms with E-state index in [1.54, 1.807) is 0 Å². The zero-order valence-electron chi connectivity index (χ0n) is 12.3. The molecule has 0 aliphatic heterocycles. The minimum absolute atomic E-state index is 0.839. The summed E-state index contributed by atoms with van der Waals surface area (Å²) in [6.07, 6.45) is 0. The molecule has 0 unspecified atom stereocenters. The highest BCUT2D eigenvalue weighted by molar-refractivity contribution is 5.70. The molecule has 0 aromatic heterocycles. The Hall–Kier alpha value is -2.28. The Balaban J connectivity index is 2.50. The lowest BCUT2D eigenvalue weighted by atomic mass is 10.0. The Kier molecular flexibility index (Phi) is 4.41. The van der Waals surface area contributed by atoms with Crippen LogP contribution in [0.25, 0.3) is 5.76 Å². The molecule has 0 saturated carbocycles. The van der Waals surface area contributed by atoms with Gasteiger partial charge in [0, 0.05) is 5.56 Å². The third-order valence-electron chi connectivity index (χ3n) is 3.33. The maximum absolute atomic E-state index is 6.12. The van der Waals surface area contributed by atoms with Gasteiger partial charge in [-0.15, -0.1) is 0 Å². The van der Waals surface area contributed by atoms with Gasteiger partial charge in [0.1, 0.15) is 11.5 Å². The first-order valence-corrected chi connectivity index (χ1v) is 6.75. The number of rotatable bonds is 4. The van der Waals surface area contributed by atoms with E-state index < -0.39 is 0 Å². The second-order valence-corrected chi connectivity index (χ2v) is 4.96. The molecule has 1 nitrogen and oxygen atoms in total. The summed E-state index contributed by atoms with van der Waals surface area (Å²) < 4.78 is 6.12. The van der Waals surface area contributed by atoms with Crippen molar-refractivity contribution in [1.29, 1.82) is 0 Å². The molecule has 0 fully saturated rings. The molecule has 0 aliphatic carbocycles. The van der Waals surface area contributed by atoms with Gasteiger partial charge in [-0.3, -0.25) is 0 Å². The SMILES string of the molecule is C=C(C)/C(C)=C(\Oc1ccccc1)c1ccccc1C. The summed E-state index contributed by atoms with van der Waals surface area (Å²) in [4.78, 5) is 0. The lowest BCUT2D eigenvalue weighted by molar-refractivity contribution is 0.510. The van der Waals surface area contributed by atoms with Crippen LogP contribution in [0.15, 0.2) is 72.3 Å². The van der Waals surface area contributed by atoms with E-state index in [0.717, 1.165) is 28.2 Å². The number of hydrogen-bond donors (Lipinski definition) is 0. The summed E-state index contributed by atoms with van der Waals surface area (Å²) in [6.45, 7) is 10.2. The van der Waals surface area contributed by atoms with Gasteiger partial charge in [-0.25, -0.2) is 0 Å². The average molecular weight is 264 g/mol. The molecule has 0 radical (unpaired) electrons. The normalized spacial score (nSPS) is 11.8. The molecule has 0 heterocycles. The van der Waals surface area contributed by atoms with Gasteiger partial charge < -0.3 is 4.74 Å². The van der Waals surface area contributed by atoms with Gasteiger partial charge >= 0.3 is 0 Å². The van der Waals surface area contributed by atoms with Gasteiger partial charge in [-0.05, 0) is 44.0 Å². The number of ether oxygens (including phenoxy) is 1. The van der Waals surface area contributed by atoms with Crippen molar-refractivity contribution in [3.63, 3.8) is 0 Å². The fraction of sp³-hybridized carbons (Fsp3) is 0.158. The van der Waals surface area contributed by atoms with Crippen molar-refractivity contribution in [3.8, 4) is 5.75 Å². The van der Waals surface area contributed by atoms with Gasteiger partial charge in [0.2, 0.25) is 0 Å². The monoisotopic (exact) mass is 264 g/mol. The second-order valence-electron chi connectivity index (χ2n) is 4.96. The zero-order chi connectivity index (χ0) is 14.5. The highest BCUT2D eigenvalue weighted by Crippen LogP contribution is 2.28. The number of benzene rings is 2. The van der Waals surface area contributed by atoms with E-state index in [0.29, 0.717) is 0 Å². The highest BCUT2D eigenvalue weighted by Gasteiger charge is 2.11. The summed E-state index contributed by atoms with van der Waals surface area (Å²) >= 11 is 0. The summed E-state index contributed by atoms with van der Waals surface area (Å²) in [5, 5.41) is 0. The van der Waals surface area contributed by atoms with E-state index in [9.17, 15) is 0 Å². The minimum Gasteiger partial charge on any atom is -0.456 e. The lowest BCUT2D eigenvalue weighted by Crippen LogP contribution is -2.01. The third kappa shape index (κ3) is 3.18. The molecule has 0 atom stereocenters. The van der Waals surface area contributed by atoms with Crippen LogP contribution >= 0.6 is 0 Å². The highest BCUT2D eigenvalue weighted by atomic mass is 16.5. The Labute approximate surface area is 121 Å². The first-order chi connectivity index (χ1) is 9.59. The Morgan fingerprint density at radius 1 is 0.900 bits per heavy atom. The lowest BCUT2D eigenvalue weighted by Gasteiger charge is -2.16. The molecule has 0 saturated heterocycles. The quantitative estimate of drug-likeness (QED) is 0.532. The maximum Gasteiger partial charge on any atom is 0.138 e. The van der Waals surface area contributed by atoms with Crippen LogP contribution in [-0.4, -0.2) is 0 Å². The Morgan fingerprint density at radius 2 is 1.50 bits per heavy atom. The van der Waals surface area contributed by atoms with Crippen LogP contribution in [-0.2, 0) is 0 Å². The topological polar surface area (TPSA) is 9.23 Å².